The lowest BCUT2D eigenvalue weighted by Gasteiger charge is -2.36. The highest BCUT2D eigenvalue weighted by molar-refractivity contribution is 5.81. The Morgan fingerprint density at radius 1 is 1.36 bits per heavy atom. The van der Waals surface area contributed by atoms with E-state index in [9.17, 15) is 9.90 Å². The van der Waals surface area contributed by atoms with Crippen LogP contribution in [0.4, 0.5) is 0 Å². The maximum atomic E-state index is 11.0. The van der Waals surface area contributed by atoms with Gasteiger partial charge >= 0.3 is 0 Å². The fourth-order valence-corrected chi connectivity index (χ4v) is 2.70. The van der Waals surface area contributed by atoms with Crippen LogP contribution in [-0.2, 0) is 4.79 Å². The topological polar surface area (TPSA) is 78.5 Å². The summed E-state index contributed by atoms with van der Waals surface area (Å²) in [6.45, 7) is 3.86. The molecular formula is C17H29N3O2. The molecule has 0 aromatic rings. The zero-order valence-electron chi connectivity index (χ0n) is 13.8. The molecule has 0 bridgehead atoms. The summed E-state index contributed by atoms with van der Waals surface area (Å²) in [6.07, 6.45) is 15.1. The number of hydrogen-bond acceptors (Lipinski definition) is 4. The van der Waals surface area contributed by atoms with Gasteiger partial charge in [-0.15, -0.1) is 0 Å². The van der Waals surface area contributed by atoms with Crippen molar-refractivity contribution in [1.82, 2.24) is 0 Å². The molecule has 0 saturated carbocycles. The van der Waals surface area contributed by atoms with Gasteiger partial charge in [-0.2, -0.15) is 0 Å². The van der Waals surface area contributed by atoms with Crippen LogP contribution in [0.1, 0.15) is 58.8 Å². The average molecular weight is 307 g/mol. The molecule has 2 N–H and O–H groups in total. The molecular weight excluding hydrogens is 278 g/mol. The fourth-order valence-electron chi connectivity index (χ4n) is 2.70. The van der Waals surface area contributed by atoms with Gasteiger partial charge < -0.3 is 9.90 Å². The first-order valence-corrected chi connectivity index (χ1v) is 8.25. The summed E-state index contributed by atoms with van der Waals surface area (Å²) in [4.78, 5) is 15.4. The van der Waals surface area contributed by atoms with Gasteiger partial charge in [0, 0.05) is 13.3 Å². The van der Waals surface area contributed by atoms with Gasteiger partial charge in [-0.25, -0.2) is 9.48 Å². The number of nitrogens with zero attached hydrogens (tertiary/aromatic N) is 2. The van der Waals surface area contributed by atoms with Crippen LogP contribution >= 0.6 is 0 Å². The first kappa shape index (κ1) is 18.6. The van der Waals surface area contributed by atoms with Crippen LogP contribution in [0.5, 0.6) is 0 Å². The minimum atomic E-state index is -1.10. The Labute approximate surface area is 133 Å². The van der Waals surface area contributed by atoms with E-state index in [4.69, 9.17) is 5.73 Å². The smallest absolute Gasteiger partial charge is 0.209 e. The van der Waals surface area contributed by atoms with Gasteiger partial charge in [0.1, 0.15) is 18.9 Å². The van der Waals surface area contributed by atoms with Crippen LogP contribution in [0.25, 0.3) is 0 Å². The molecule has 1 heterocycles. The minimum Gasteiger partial charge on any atom is -0.544 e. The zero-order valence-corrected chi connectivity index (χ0v) is 13.8. The maximum absolute atomic E-state index is 11.0. The lowest BCUT2D eigenvalue weighted by atomic mass is 10.1. The Balaban J connectivity index is 2.43. The number of aliphatic carboxylic acids is 1. The van der Waals surface area contributed by atoms with Gasteiger partial charge in [0.15, 0.2) is 0 Å². The normalized spacial score (nSPS) is 22.2. The van der Waals surface area contributed by atoms with Gasteiger partial charge in [-0.05, 0) is 25.7 Å². The first-order chi connectivity index (χ1) is 10.5. The Bertz CT molecular complexity index is 441. The molecule has 124 valence electrons. The highest BCUT2D eigenvalue weighted by Gasteiger charge is 2.38. The highest BCUT2D eigenvalue weighted by Crippen LogP contribution is 2.22. The molecule has 0 saturated heterocycles. The van der Waals surface area contributed by atoms with Crippen LogP contribution in [0, 0.1) is 0 Å². The predicted molar refractivity (Wildman–Crippen MR) is 87.5 cm³/mol. The predicted octanol–water partition coefficient (Wildman–Crippen LogP) is 2.05. The van der Waals surface area contributed by atoms with Crippen LogP contribution in [0.15, 0.2) is 29.5 Å². The number of nitrogens with two attached hydrogens (primary N) is 1. The number of amidine groups is 1. The molecule has 0 aromatic carbocycles. The van der Waals surface area contributed by atoms with Gasteiger partial charge in [-0.1, -0.05) is 31.9 Å². The van der Waals surface area contributed by atoms with Crippen LogP contribution < -0.4 is 10.8 Å². The lowest BCUT2D eigenvalue weighted by Crippen LogP contribution is -2.60. The summed E-state index contributed by atoms with van der Waals surface area (Å²) >= 11 is 0. The minimum absolute atomic E-state index is 0.0859. The number of quaternary nitrogens is 1. The molecule has 0 amide bonds. The maximum Gasteiger partial charge on any atom is 0.209 e. The molecule has 5 heteroatoms. The Morgan fingerprint density at radius 3 is 2.64 bits per heavy atom. The lowest BCUT2D eigenvalue weighted by molar-refractivity contribution is -0.808. The molecule has 0 fully saturated rings. The summed E-state index contributed by atoms with van der Waals surface area (Å²) in [7, 11) is 0. The van der Waals surface area contributed by atoms with Crippen molar-refractivity contribution < 1.29 is 14.4 Å². The van der Waals surface area contributed by atoms with Gasteiger partial charge in [-0.3, -0.25) is 5.73 Å². The summed E-state index contributed by atoms with van der Waals surface area (Å²) in [5, 5.41) is 11.0. The van der Waals surface area contributed by atoms with E-state index in [-0.39, 0.29) is 17.2 Å². The van der Waals surface area contributed by atoms with Crippen molar-refractivity contribution in [3.05, 3.63) is 24.6 Å². The first-order valence-electron chi connectivity index (χ1n) is 8.25. The van der Waals surface area contributed by atoms with E-state index >= 15 is 0 Å². The number of hydrogen-bond donors (Lipinski definition) is 1. The Hall–Kier alpha value is -1.46. The molecule has 0 radical (unpaired) electrons. The van der Waals surface area contributed by atoms with Gasteiger partial charge in [0.05, 0.1) is 12.2 Å². The molecule has 0 aromatic heterocycles. The van der Waals surface area contributed by atoms with E-state index in [0.29, 0.717) is 0 Å². The SMILES string of the molecule is CCCCC/C=C/CCCC1=NC=C[N+]1(CC(=O)[O-])C(C)N. The van der Waals surface area contributed by atoms with E-state index < -0.39 is 5.97 Å². The van der Waals surface area contributed by atoms with Crippen LogP contribution in [0.2, 0.25) is 0 Å². The monoisotopic (exact) mass is 307 g/mol. The summed E-state index contributed by atoms with van der Waals surface area (Å²) in [6, 6.07) is 0. The molecule has 1 rings (SSSR count). The number of unbranched alkanes of at least 4 members (excludes halogenated alkanes) is 4. The molecule has 0 spiro atoms. The summed E-state index contributed by atoms with van der Waals surface area (Å²) in [5.74, 6) is -0.286. The molecule has 2 unspecified atom stereocenters. The standard InChI is InChI=1S/C17H29N3O2/c1-3-4-5-6-7-8-9-10-11-16-19-12-13-20(16,15(2)18)14-17(21)22/h7-8,12-13,15H,3-6,9-11,14,18H2,1-2H3/b8-7+. The number of allylic oxidation sites excluding steroid dienone is 2. The van der Waals surface area contributed by atoms with Crippen molar-refractivity contribution in [3.63, 3.8) is 0 Å². The number of carboxylic acids is 1. The van der Waals surface area contributed by atoms with Crippen molar-refractivity contribution in [2.75, 3.05) is 6.54 Å². The molecule has 2 atom stereocenters. The largest absolute Gasteiger partial charge is 0.544 e. The molecule has 0 aliphatic carbocycles. The number of carbonyl (C=O) groups excluding carboxylic acids is 1. The summed E-state index contributed by atoms with van der Waals surface area (Å²) in [5.41, 5.74) is 6.00. The number of aliphatic imine (C=N–C) groups is 1. The summed E-state index contributed by atoms with van der Waals surface area (Å²) < 4.78 is 0.0859. The van der Waals surface area contributed by atoms with E-state index in [1.54, 1.807) is 12.4 Å². The zero-order chi connectivity index (χ0) is 16.4. The van der Waals surface area contributed by atoms with E-state index in [2.05, 4.69) is 24.1 Å². The molecule has 5 nitrogen and oxygen atoms in total. The van der Waals surface area contributed by atoms with E-state index in [1.807, 2.05) is 6.92 Å². The molecule has 1 aliphatic rings. The molecule has 1 aliphatic heterocycles. The second-order valence-electron chi connectivity index (χ2n) is 5.90. The average Bonchev–Trinajstić information content (AvgIpc) is 2.85. The van der Waals surface area contributed by atoms with Crippen molar-refractivity contribution in [2.45, 2.75) is 65.0 Å². The fraction of sp³-hybridized carbons (Fsp3) is 0.647. The van der Waals surface area contributed by atoms with Crippen molar-refractivity contribution >= 4 is 11.8 Å². The number of carbonyl (C=O) groups is 1. The quantitative estimate of drug-likeness (QED) is 0.360. The second kappa shape index (κ2) is 9.54. The molecule has 22 heavy (non-hydrogen) atoms. The number of rotatable bonds is 11. The van der Waals surface area contributed by atoms with Crippen molar-refractivity contribution in [1.29, 1.82) is 0 Å². The Kier molecular flexibility index (Phi) is 8.06. The van der Waals surface area contributed by atoms with Crippen LogP contribution in [-0.4, -0.2) is 29.0 Å². The third kappa shape index (κ3) is 5.39. The van der Waals surface area contributed by atoms with Crippen molar-refractivity contribution in [2.24, 2.45) is 10.7 Å². The van der Waals surface area contributed by atoms with E-state index in [0.717, 1.165) is 31.5 Å². The van der Waals surface area contributed by atoms with Crippen molar-refractivity contribution in [3.8, 4) is 0 Å². The second-order valence-corrected chi connectivity index (χ2v) is 5.90. The van der Waals surface area contributed by atoms with Gasteiger partial charge in [0.2, 0.25) is 5.84 Å². The van der Waals surface area contributed by atoms with Gasteiger partial charge in [0.25, 0.3) is 0 Å². The van der Waals surface area contributed by atoms with E-state index in [1.165, 1.54) is 19.3 Å². The van der Waals surface area contributed by atoms with Crippen LogP contribution in [0.3, 0.4) is 0 Å². The third-order valence-electron chi connectivity index (χ3n) is 4.07. The Morgan fingerprint density at radius 2 is 2.05 bits per heavy atom. The number of carboxylic acid groups (broad SMARTS) is 1. The highest BCUT2D eigenvalue weighted by atomic mass is 16.4. The third-order valence-corrected chi connectivity index (χ3v) is 4.07.